The number of aryl methyl sites for hydroxylation is 2. The molecule has 0 aromatic heterocycles. The van der Waals surface area contributed by atoms with Crippen molar-refractivity contribution in [3.63, 3.8) is 0 Å². The molecule has 1 amide bonds. The summed E-state index contributed by atoms with van der Waals surface area (Å²) < 4.78 is 18.9. The van der Waals surface area contributed by atoms with Gasteiger partial charge in [0.15, 0.2) is 6.61 Å². The van der Waals surface area contributed by atoms with Crippen molar-refractivity contribution in [1.82, 2.24) is 0 Å². The van der Waals surface area contributed by atoms with Crippen LogP contribution in [0.25, 0.3) is 0 Å². The van der Waals surface area contributed by atoms with E-state index < -0.39 is 24.2 Å². The predicted octanol–water partition coefficient (Wildman–Crippen LogP) is 3.44. The average molecular weight is 343 g/mol. The number of benzene rings is 2. The van der Waals surface area contributed by atoms with E-state index in [-0.39, 0.29) is 17.2 Å². The number of carbonyl (C=O) groups excluding carboxylic acids is 3. The van der Waals surface area contributed by atoms with Crippen molar-refractivity contribution in [3.8, 4) is 0 Å². The number of amides is 1. The van der Waals surface area contributed by atoms with Gasteiger partial charge in [-0.15, -0.1) is 0 Å². The smallest absolute Gasteiger partial charge is 0.338 e. The first-order valence-corrected chi connectivity index (χ1v) is 7.62. The lowest BCUT2D eigenvalue weighted by atomic mass is 10.1. The van der Waals surface area contributed by atoms with Crippen molar-refractivity contribution in [2.75, 3.05) is 11.9 Å². The Morgan fingerprint density at radius 2 is 1.76 bits per heavy atom. The normalized spacial score (nSPS) is 10.2. The van der Waals surface area contributed by atoms with Gasteiger partial charge in [-0.1, -0.05) is 6.07 Å². The summed E-state index contributed by atoms with van der Waals surface area (Å²) in [5, 5.41) is 2.42. The minimum Gasteiger partial charge on any atom is -0.454 e. The Bertz CT molecular complexity index is 845. The molecule has 0 bridgehead atoms. The number of nitrogens with one attached hydrogen (secondary N) is 1. The predicted molar refractivity (Wildman–Crippen MR) is 91.2 cm³/mol. The molecule has 0 spiro atoms. The van der Waals surface area contributed by atoms with E-state index in [9.17, 15) is 18.8 Å². The second-order valence-electron chi connectivity index (χ2n) is 5.67. The molecule has 2 rings (SSSR count). The fourth-order valence-corrected chi connectivity index (χ4v) is 2.18. The van der Waals surface area contributed by atoms with Crippen molar-refractivity contribution in [3.05, 3.63) is 64.5 Å². The molecule has 5 nitrogen and oxygen atoms in total. The molecule has 0 saturated heterocycles. The second-order valence-corrected chi connectivity index (χ2v) is 5.67. The third-order valence-electron chi connectivity index (χ3n) is 3.67. The maximum absolute atomic E-state index is 14.0. The summed E-state index contributed by atoms with van der Waals surface area (Å²) >= 11 is 0. The molecule has 0 fully saturated rings. The van der Waals surface area contributed by atoms with E-state index in [4.69, 9.17) is 4.74 Å². The molecule has 1 N–H and O–H groups in total. The number of halogens is 1. The summed E-state index contributed by atoms with van der Waals surface area (Å²) in [5.74, 6) is -2.45. The van der Waals surface area contributed by atoms with Crippen molar-refractivity contribution in [2.45, 2.75) is 20.8 Å². The average Bonchev–Trinajstić information content (AvgIpc) is 2.54. The molecule has 0 saturated carbocycles. The van der Waals surface area contributed by atoms with Crippen LogP contribution in [0.15, 0.2) is 36.4 Å². The number of anilines is 1. The van der Waals surface area contributed by atoms with Crippen LogP contribution in [0, 0.1) is 19.7 Å². The van der Waals surface area contributed by atoms with Gasteiger partial charge >= 0.3 is 5.97 Å². The molecule has 0 aliphatic rings. The molecule has 0 unspecified atom stereocenters. The highest BCUT2D eigenvalue weighted by Crippen LogP contribution is 2.16. The van der Waals surface area contributed by atoms with Crippen LogP contribution in [-0.4, -0.2) is 24.3 Å². The number of rotatable bonds is 5. The topological polar surface area (TPSA) is 72.5 Å². The zero-order valence-corrected chi connectivity index (χ0v) is 14.2. The van der Waals surface area contributed by atoms with Gasteiger partial charge in [0.05, 0.1) is 11.1 Å². The fourth-order valence-electron chi connectivity index (χ4n) is 2.18. The molecular weight excluding hydrogens is 325 g/mol. The third-order valence-corrected chi connectivity index (χ3v) is 3.67. The van der Waals surface area contributed by atoms with Gasteiger partial charge in [-0.2, -0.15) is 0 Å². The highest BCUT2D eigenvalue weighted by Gasteiger charge is 2.16. The molecular formula is C19H18FNO4. The maximum atomic E-state index is 14.0. The number of hydrogen-bond acceptors (Lipinski definition) is 4. The van der Waals surface area contributed by atoms with E-state index >= 15 is 0 Å². The van der Waals surface area contributed by atoms with Gasteiger partial charge in [0, 0.05) is 12.6 Å². The minimum atomic E-state index is -0.793. The van der Waals surface area contributed by atoms with Gasteiger partial charge in [0.1, 0.15) is 5.82 Å². The second kappa shape index (κ2) is 7.70. The van der Waals surface area contributed by atoms with Crippen LogP contribution in [0.4, 0.5) is 10.1 Å². The molecule has 130 valence electrons. The summed E-state index contributed by atoms with van der Waals surface area (Å²) in [6, 6.07) is 8.76. The first-order chi connectivity index (χ1) is 11.8. The zero-order valence-electron chi connectivity index (χ0n) is 14.2. The van der Waals surface area contributed by atoms with Gasteiger partial charge in [-0.25, -0.2) is 9.18 Å². The molecule has 0 heterocycles. The van der Waals surface area contributed by atoms with E-state index in [1.807, 2.05) is 13.8 Å². The first-order valence-electron chi connectivity index (χ1n) is 7.62. The van der Waals surface area contributed by atoms with Crippen LogP contribution < -0.4 is 5.32 Å². The summed E-state index contributed by atoms with van der Waals surface area (Å²) in [6.07, 6.45) is 0. The Balaban J connectivity index is 2.03. The monoisotopic (exact) mass is 343 g/mol. The highest BCUT2D eigenvalue weighted by atomic mass is 19.1. The van der Waals surface area contributed by atoms with Crippen molar-refractivity contribution < 1.29 is 23.5 Å². The molecule has 0 aliphatic carbocycles. The van der Waals surface area contributed by atoms with Crippen molar-refractivity contribution in [1.29, 1.82) is 0 Å². The summed E-state index contributed by atoms with van der Waals surface area (Å²) in [7, 11) is 0. The van der Waals surface area contributed by atoms with Gasteiger partial charge in [-0.05, 0) is 55.3 Å². The SMILES string of the molecule is CC(=O)Nc1ccc(C(=O)COC(=O)c2ccc(C)c(C)c2)c(F)c1. The third kappa shape index (κ3) is 4.73. The Morgan fingerprint density at radius 3 is 2.36 bits per heavy atom. The van der Waals surface area contributed by atoms with Crippen LogP contribution in [0.1, 0.15) is 38.8 Å². The number of carbonyl (C=O) groups is 3. The van der Waals surface area contributed by atoms with Gasteiger partial charge < -0.3 is 10.1 Å². The number of esters is 1. The van der Waals surface area contributed by atoms with E-state index in [1.165, 1.54) is 19.1 Å². The van der Waals surface area contributed by atoms with Crippen molar-refractivity contribution >= 4 is 23.3 Å². The summed E-state index contributed by atoms with van der Waals surface area (Å²) in [5.41, 5.74) is 2.34. The number of Topliss-reactive ketones (excluding diaryl/α,β-unsaturated/α-hetero) is 1. The lowest BCUT2D eigenvalue weighted by Gasteiger charge is -2.08. The first kappa shape index (κ1) is 18.3. The van der Waals surface area contributed by atoms with Crippen LogP contribution in [0.5, 0.6) is 0 Å². The number of hydrogen-bond donors (Lipinski definition) is 1. The molecule has 0 radical (unpaired) electrons. The van der Waals surface area contributed by atoms with Crippen LogP contribution in [0.3, 0.4) is 0 Å². The standard InChI is InChI=1S/C19H18FNO4/c1-11-4-5-14(8-12(11)2)19(24)25-10-18(23)16-7-6-15(9-17(16)20)21-13(3)22/h4-9H,10H2,1-3H3,(H,21,22). The molecule has 6 heteroatoms. The largest absolute Gasteiger partial charge is 0.454 e. The molecule has 25 heavy (non-hydrogen) atoms. The van der Waals surface area contributed by atoms with Crippen molar-refractivity contribution in [2.24, 2.45) is 0 Å². The van der Waals surface area contributed by atoms with Gasteiger partial charge in [0.25, 0.3) is 0 Å². The summed E-state index contributed by atoms with van der Waals surface area (Å²) in [6.45, 7) is 4.51. The minimum absolute atomic E-state index is 0.206. The Labute approximate surface area is 144 Å². The van der Waals surface area contributed by atoms with Crippen LogP contribution in [-0.2, 0) is 9.53 Å². The van der Waals surface area contributed by atoms with E-state index in [0.717, 1.165) is 17.2 Å². The van der Waals surface area contributed by atoms with E-state index in [2.05, 4.69) is 5.32 Å². The fraction of sp³-hybridized carbons (Fsp3) is 0.211. The lowest BCUT2D eigenvalue weighted by molar-refractivity contribution is -0.114. The molecule has 0 atom stereocenters. The van der Waals surface area contributed by atoms with Crippen LogP contribution >= 0.6 is 0 Å². The van der Waals surface area contributed by atoms with E-state index in [1.54, 1.807) is 18.2 Å². The van der Waals surface area contributed by atoms with E-state index in [0.29, 0.717) is 5.56 Å². The molecule has 0 aliphatic heterocycles. The molecule has 2 aromatic carbocycles. The summed E-state index contributed by atoms with van der Waals surface area (Å²) in [4.78, 5) is 35.0. The van der Waals surface area contributed by atoms with Crippen LogP contribution in [0.2, 0.25) is 0 Å². The van der Waals surface area contributed by atoms with Gasteiger partial charge in [-0.3, -0.25) is 9.59 Å². The molecule has 2 aromatic rings. The Morgan fingerprint density at radius 1 is 1.04 bits per heavy atom. The Hall–Kier alpha value is -3.02. The maximum Gasteiger partial charge on any atom is 0.338 e. The lowest BCUT2D eigenvalue weighted by Crippen LogP contribution is -2.16. The van der Waals surface area contributed by atoms with Gasteiger partial charge in [0.2, 0.25) is 11.7 Å². The quantitative estimate of drug-likeness (QED) is 0.667. The zero-order chi connectivity index (χ0) is 18.6. The number of ketones is 1. The number of ether oxygens (including phenoxy) is 1. The Kier molecular flexibility index (Phi) is 5.64. The highest BCUT2D eigenvalue weighted by molar-refractivity contribution is 6.00.